The first-order valence-corrected chi connectivity index (χ1v) is 11.1. The average Bonchev–Trinajstić information content (AvgIpc) is 2.60. The van der Waals surface area contributed by atoms with Crippen molar-refractivity contribution in [2.45, 2.75) is 55.4 Å². The van der Waals surface area contributed by atoms with Gasteiger partial charge in [0.05, 0.1) is 11.0 Å². The van der Waals surface area contributed by atoms with Crippen LogP contribution < -0.4 is 5.32 Å². The van der Waals surface area contributed by atoms with Gasteiger partial charge in [0.25, 0.3) is 0 Å². The van der Waals surface area contributed by atoms with E-state index in [9.17, 15) is 12.8 Å². The van der Waals surface area contributed by atoms with Crippen LogP contribution in [0.25, 0.3) is 0 Å². The first kappa shape index (κ1) is 18.8. The van der Waals surface area contributed by atoms with Gasteiger partial charge in [0, 0.05) is 12.9 Å². The summed E-state index contributed by atoms with van der Waals surface area (Å²) in [6.45, 7) is 3.02. The Morgan fingerprint density at radius 3 is 2.40 bits per heavy atom. The van der Waals surface area contributed by atoms with Crippen LogP contribution in [-0.4, -0.2) is 40.5 Å². The molecule has 1 aliphatic carbocycles. The molecular weight excluding hydrogens is 341 g/mol. The van der Waals surface area contributed by atoms with Crippen molar-refractivity contribution in [1.82, 2.24) is 5.32 Å². The second kappa shape index (κ2) is 8.14. The van der Waals surface area contributed by atoms with Crippen molar-refractivity contribution in [1.29, 1.82) is 0 Å². The predicted octanol–water partition coefficient (Wildman–Crippen LogP) is 3.27. The van der Waals surface area contributed by atoms with Crippen molar-refractivity contribution >= 4 is 9.84 Å². The monoisotopic (exact) mass is 369 g/mol. The maximum absolute atomic E-state index is 14.4. The van der Waals surface area contributed by atoms with Crippen molar-refractivity contribution in [3.05, 3.63) is 29.6 Å². The van der Waals surface area contributed by atoms with Gasteiger partial charge in [-0.05, 0) is 81.1 Å². The molecule has 4 nitrogen and oxygen atoms in total. The van der Waals surface area contributed by atoms with Crippen LogP contribution in [0.1, 0.15) is 50.0 Å². The Balaban J connectivity index is 1.52. The van der Waals surface area contributed by atoms with E-state index in [0.717, 1.165) is 57.7 Å². The standard InChI is InChI=1S/C19H28FNO3S/c1-25(22,23)17-6-7-18(19(20)12-17)15-2-4-16(5-3-15)24-13-14-8-10-21-11-9-14/h6-7,12,14-16,21H,2-5,8-11,13H2,1H3. The fraction of sp³-hybridized carbons (Fsp3) is 0.684. The lowest BCUT2D eigenvalue weighted by molar-refractivity contribution is -0.000620. The lowest BCUT2D eigenvalue weighted by Crippen LogP contribution is -2.31. The maximum atomic E-state index is 14.4. The van der Waals surface area contributed by atoms with E-state index in [2.05, 4.69) is 5.32 Å². The van der Waals surface area contributed by atoms with Crippen LogP contribution in [0.5, 0.6) is 0 Å². The molecule has 1 saturated heterocycles. The lowest BCUT2D eigenvalue weighted by atomic mass is 9.82. The maximum Gasteiger partial charge on any atom is 0.175 e. The Kier molecular flexibility index (Phi) is 6.12. The molecule has 0 atom stereocenters. The number of ether oxygens (including phenoxy) is 1. The average molecular weight is 370 g/mol. The van der Waals surface area contributed by atoms with Crippen LogP contribution in [0.4, 0.5) is 4.39 Å². The summed E-state index contributed by atoms with van der Waals surface area (Å²) in [6, 6.07) is 4.32. The fourth-order valence-corrected chi connectivity index (χ4v) is 4.56. The molecule has 1 aromatic rings. The second-order valence-electron chi connectivity index (χ2n) is 7.46. The largest absolute Gasteiger partial charge is 0.378 e. The molecule has 1 N–H and O–H groups in total. The van der Waals surface area contributed by atoms with E-state index >= 15 is 0 Å². The normalized spacial score (nSPS) is 25.8. The molecule has 1 heterocycles. The highest BCUT2D eigenvalue weighted by molar-refractivity contribution is 7.90. The van der Waals surface area contributed by atoms with Gasteiger partial charge in [-0.25, -0.2) is 12.8 Å². The molecule has 0 bridgehead atoms. The van der Waals surface area contributed by atoms with Crippen molar-refractivity contribution in [3.63, 3.8) is 0 Å². The lowest BCUT2D eigenvalue weighted by Gasteiger charge is -2.31. The van der Waals surface area contributed by atoms with Crippen LogP contribution in [-0.2, 0) is 14.6 Å². The summed E-state index contributed by atoms with van der Waals surface area (Å²) in [4.78, 5) is 0.0488. The molecule has 0 amide bonds. The fourth-order valence-electron chi connectivity index (χ4n) is 3.93. The summed E-state index contributed by atoms with van der Waals surface area (Å²) in [5, 5.41) is 3.37. The highest BCUT2D eigenvalue weighted by Crippen LogP contribution is 2.36. The van der Waals surface area contributed by atoms with E-state index in [1.54, 1.807) is 6.07 Å². The number of rotatable bonds is 5. The number of benzene rings is 1. The molecule has 2 fully saturated rings. The zero-order valence-electron chi connectivity index (χ0n) is 14.8. The third-order valence-corrected chi connectivity index (χ3v) is 6.65. The van der Waals surface area contributed by atoms with E-state index in [1.165, 1.54) is 18.9 Å². The number of sulfone groups is 1. The van der Waals surface area contributed by atoms with Crippen molar-refractivity contribution in [3.8, 4) is 0 Å². The topological polar surface area (TPSA) is 55.4 Å². The Bertz CT molecular complexity index is 678. The van der Waals surface area contributed by atoms with Crippen molar-refractivity contribution in [2.75, 3.05) is 26.0 Å². The van der Waals surface area contributed by atoms with Crippen LogP contribution in [0.15, 0.2) is 23.1 Å². The number of nitrogens with one attached hydrogen (secondary N) is 1. The Hall–Kier alpha value is -0.980. The van der Waals surface area contributed by atoms with E-state index < -0.39 is 15.7 Å². The van der Waals surface area contributed by atoms with Gasteiger partial charge in [-0.3, -0.25) is 0 Å². The molecule has 0 unspecified atom stereocenters. The molecular formula is C19H28FNO3S. The van der Waals surface area contributed by atoms with E-state index in [0.29, 0.717) is 11.5 Å². The third kappa shape index (κ3) is 5.02. The summed E-state index contributed by atoms with van der Waals surface area (Å²) >= 11 is 0. The van der Waals surface area contributed by atoms with Crippen LogP contribution in [0.2, 0.25) is 0 Å². The first-order chi connectivity index (χ1) is 11.9. The Morgan fingerprint density at radius 2 is 1.80 bits per heavy atom. The molecule has 0 radical (unpaired) electrons. The van der Waals surface area contributed by atoms with Crippen molar-refractivity contribution < 1.29 is 17.5 Å². The summed E-state index contributed by atoms with van der Waals surface area (Å²) in [5.74, 6) is 0.425. The zero-order chi connectivity index (χ0) is 17.9. The first-order valence-electron chi connectivity index (χ1n) is 9.25. The van der Waals surface area contributed by atoms with E-state index in [1.807, 2.05) is 0 Å². The molecule has 6 heteroatoms. The van der Waals surface area contributed by atoms with Gasteiger partial charge in [0.1, 0.15) is 5.82 Å². The second-order valence-corrected chi connectivity index (χ2v) is 9.47. The minimum absolute atomic E-state index is 0.0488. The molecule has 2 aliphatic rings. The Labute approximate surface area is 150 Å². The summed E-state index contributed by atoms with van der Waals surface area (Å²) in [6.07, 6.45) is 7.45. The Morgan fingerprint density at radius 1 is 1.12 bits per heavy atom. The molecule has 1 aromatic carbocycles. The quantitative estimate of drug-likeness (QED) is 0.865. The van der Waals surface area contributed by atoms with Gasteiger partial charge in [-0.15, -0.1) is 0 Å². The van der Waals surface area contributed by atoms with Gasteiger partial charge in [0.15, 0.2) is 9.84 Å². The molecule has 0 spiro atoms. The smallest absolute Gasteiger partial charge is 0.175 e. The van der Waals surface area contributed by atoms with E-state index in [4.69, 9.17) is 4.74 Å². The van der Waals surface area contributed by atoms with Gasteiger partial charge in [-0.2, -0.15) is 0 Å². The van der Waals surface area contributed by atoms with Crippen LogP contribution >= 0.6 is 0 Å². The molecule has 3 rings (SSSR count). The number of hydrogen-bond acceptors (Lipinski definition) is 4. The van der Waals surface area contributed by atoms with Gasteiger partial charge in [-0.1, -0.05) is 6.07 Å². The summed E-state index contributed by atoms with van der Waals surface area (Å²) in [7, 11) is -3.36. The minimum atomic E-state index is -3.36. The molecule has 1 saturated carbocycles. The van der Waals surface area contributed by atoms with Gasteiger partial charge in [0.2, 0.25) is 0 Å². The van der Waals surface area contributed by atoms with E-state index in [-0.39, 0.29) is 16.9 Å². The van der Waals surface area contributed by atoms with Crippen LogP contribution in [0.3, 0.4) is 0 Å². The molecule has 140 valence electrons. The van der Waals surface area contributed by atoms with Gasteiger partial charge < -0.3 is 10.1 Å². The predicted molar refractivity (Wildman–Crippen MR) is 96.1 cm³/mol. The zero-order valence-corrected chi connectivity index (χ0v) is 15.7. The summed E-state index contributed by atoms with van der Waals surface area (Å²) < 4.78 is 43.5. The van der Waals surface area contributed by atoms with Crippen LogP contribution in [0, 0.1) is 11.7 Å². The minimum Gasteiger partial charge on any atom is -0.378 e. The molecule has 0 aromatic heterocycles. The highest BCUT2D eigenvalue weighted by atomic mass is 32.2. The number of hydrogen-bond donors (Lipinski definition) is 1. The SMILES string of the molecule is CS(=O)(=O)c1ccc(C2CCC(OCC3CCNCC3)CC2)c(F)c1. The third-order valence-electron chi connectivity index (χ3n) is 5.54. The summed E-state index contributed by atoms with van der Waals surface area (Å²) in [5.41, 5.74) is 0.643. The van der Waals surface area contributed by atoms with Gasteiger partial charge >= 0.3 is 0 Å². The van der Waals surface area contributed by atoms with Crippen molar-refractivity contribution in [2.24, 2.45) is 5.92 Å². The number of halogens is 1. The molecule has 25 heavy (non-hydrogen) atoms. The number of piperidine rings is 1. The molecule has 1 aliphatic heterocycles. The highest BCUT2D eigenvalue weighted by Gasteiger charge is 2.26.